The number of hydrogen-bond donors (Lipinski definition) is 0. The highest BCUT2D eigenvalue weighted by Gasteiger charge is 2.30. The topological polar surface area (TPSA) is 88.8 Å². The molecule has 0 N–H and O–H groups in total. The Morgan fingerprint density at radius 1 is 1.00 bits per heavy atom. The van der Waals surface area contributed by atoms with Gasteiger partial charge in [0.15, 0.2) is 0 Å². The molecule has 1 aliphatic rings. The van der Waals surface area contributed by atoms with E-state index in [0.29, 0.717) is 24.9 Å². The highest BCUT2D eigenvalue weighted by molar-refractivity contribution is 7.89. The van der Waals surface area contributed by atoms with E-state index in [9.17, 15) is 17.2 Å². The lowest BCUT2D eigenvalue weighted by atomic mass is 10.1. The number of anilines is 1. The number of rotatable bonds is 6. The molecule has 164 valence electrons. The van der Waals surface area contributed by atoms with Gasteiger partial charge in [0.1, 0.15) is 5.75 Å². The van der Waals surface area contributed by atoms with Gasteiger partial charge in [-0.3, -0.25) is 0 Å². The summed E-state index contributed by atoms with van der Waals surface area (Å²) in [5.41, 5.74) is 1.96. The zero-order valence-electron chi connectivity index (χ0n) is 16.6. The van der Waals surface area contributed by atoms with Crippen LogP contribution in [0.1, 0.15) is 5.56 Å². The quantitative estimate of drug-likeness (QED) is 0.570. The van der Waals surface area contributed by atoms with Gasteiger partial charge in [-0.1, -0.05) is 35.0 Å². The molecule has 1 saturated heterocycles. The van der Waals surface area contributed by atoms with Crippen LogP contribution in [0, 0.1) is 6.92 Å². The van der Waals surface area contributed by atoms with Gasteiger partial charge in [-0.05, 0) is 31.2 Å². The maximum Gasteiger partial charge on any atom is 0.387 e. The summed E-state index contributed by atoms with van der Waals surface area (Å²) in [6.45, 7) is 0.221. The Hall–Kier alpha value is -3.05. The van der Waals surface area contributed by atoms with Crippen LogP contribution in [-0.2, 0) is 10.0 Å². The summed E-state index contributed by atoms with van der Waals surface area (Å²) in [7, 11) is -3.76. The Labute approximate surface area is 178 Å². The van der Waals surface area contributed by atoms with Gasteiger partial charge >= 0.3 is 12.6 Å². The molecule has 0 radical (unpaired) electrons. The van der Waals surface area contributed by atoms with E-state index in [2.05, 4.69) is 14.9 Å². The van der Waals surface area contributed by atoms with Crippen molar-refractivity contribution >= 4 is 16.0 Å². The monoisotopic (exact) mass is 450 g/mol. The minimum Gasteiger partial charge on any atom is -0.435 e. The molecule has 31 heavy (non-hydrogen) atoms. The number of aromatic nitrogens is 2. The number of aryl methyl sites for hydroxylation is 1. The summed E-state index contributed by atoms with van der Waals surface area (Å²) in [5, 5.41) is 4.01. The molecule has 0 bridgehead atoms. The lowest BCUT2D eigenvalue weighted by Crippen LogP contribution is -2.48. The fraction of sp³-hybridized carbons (Fsp3) is 0.300. The summed E-state index contributed by atoms with van der Waals surface area (Å²) in [6, 6.07) is 13.0. The fourth-order valence-corrected chi connectivity index (χ4v) is 4.65. The van der Waals surface area contributed by atoms with Gasteiger partial charge < -0.3 is 14.2 Å². The van der Waals surface area contributed by atoms with E-state index in [1.807, 2.05) is 36.1 Å². The Morgan fingerprint density at radius 2 is 1.65 bits per heavy atom. The van der Waals surface area contributed by atoms with Crippen molar-refractivity contribution in [2.45, 2.75) is 18.4 Å². The van der Waals surface area contributed by atoms with Gasteiger partial charge in [0.05, 0.1) is 4.90 Å². The molecule has 3 aromatic rings. The van der Waals surface area contributed by atoms with Crippen LogP contribution < -0.4 is 9.64 Å². The number of piperazine rings is 1. The number of hydrogen-bond acceptors (Lipinski definition) is 7. The molecule has 4 rings (SSSR count). The zero-order chi connectivity index (χ0) is 22.0. The predicted molar refractivity (Wildman–Crippen MR) is 109 cm³/mol. The van der Waals surface area contributed by atoms with Crippen LogP contribution in [0.2, 0.25) is 0 Å². The molecule has 0 atom stereocenters. The average Bonchev–Trinajstić information content (AvgIpc) is 3.25. The predicted octanol–water partition coefficient (Wildman–Crippen LogP) is 3.16. The number of ether oxygens (including phenoxy) is 1. The molecule has 2 aromatic carbocycles. The second-order valence-electron chi connectivity index (χ2n) is 7.01. The van der Waals surface area contributed by atoms with E-state index >= 15 is 0 Å². The standard InChI is InChI=1S/C20H20F2N4O4S/c1-14-2-4-15(5-3-14)18-23-20(30-24-18)25-10-12-26(13-11-25)31(27,28)17-8-6-16(7-9-17)29-19(21)22/h2-9,19H,10-13H2,1H3. The van der Waals surface area contributed by atoms with Crippen LogP contribution in [0.25, 0.3) is 11.4 Å². The van der Waals surface area contributed by atoms with Crippen LogP contribution in [-0.4, -0.2) is 55.7 Å². The van der Waals surface area contributed by atoms with Crippen molar-refractivity contribution in [3.05, 3.63) is 54.1 Å². The first-order chi connectivity index (χ1) is 14.8. The third-order valence-corrected chi connectivity index (χ3v) is 6.83. The molecule has 0 spiro atoms. The normalized spacial score (nSPS) is 15.4. The van der Waals surface area contributed by atoms with Crippen molar-refractivity contribution < 1.29 is 26.5 Å². The second-order valence-corrected chi connectivity index (χ2v) is 8.95. The first kappa shape index (κ1) is 21.2. The number of halogens is 2. The highest BCUT2D eigenvalue weighted by atomic mass is 32.2. The van der Waals surface area contributed by atoms with Crippen LogP contribution in [0.4, 0.5) is 14.8 Å². The number of nitrogens with zero attached hydrogens (tertiary/aromatic N) is 4. The van der Waals surface area contributed by atoms with E-state index in [1.54, 1.807) is 0 Å². The molecule has 1 fully saturated rings. The maximum absolute atomic E-state index is 12.8. The first-order valence-electron chi connectivity index (χ1n) is 9.54. The van der Waals surface area contributed by atoms with Gasteiger partial charge in [-0.2, -0.15) is 18.1 Å². The molecular formula is C20H20F2N4O4S. The van der Waals surface area contributed by atoms with Crippen molar-refractivity contribution in [2.24, 2.45) is 0 Å². The summed E-state index contributed by atoms with van der Waals surface area (Å²) in [4.78, 5) is 6.26. The summed E-state index contributed by atoms with van der Waals surface area (Å²) in [6.07, 6.45) is 0. The average molecular weight is 450 g/mol. The maximum atomic E-state index is 12.8. The fourth-order valence-electron chi connectivity index (χ4n) is 3.23. The molecule has 11 heteroatoms. The van der Waals surface area contributed by atoms with Gasteiger partial charge in [-0.25, -0.2) is 8.42 Å². The van der Waals surface area contributed by atoms with E-state index in [-0.39, 0.29) is 23.7 Å². The minimum absolute atomic E-state index is 0.0158. The van der Waals surface area contributed by atoms with Gasteiger partial charge in [0.2, 0.25) is 15.8 Å². The smallest absolute Gasteiger partial charge is 0.387 e. The molecule has 2 heterocycles. The van der Waals surface area contributed by atoms with Crippen molar-refractivity contribution in [3.8, 4) is 17.1 Å². The van der Waals surface area contributed by atoms with Crippen molar-refractivity contribution in [1.82, 2.24) is 14.4 Å². The summed E-state index contributed by atoms with van der Waals surface area (Å²) < 4.78 is 61.2. The van der Waals surface area contributed by atoms with Gasteiger partial charge in [-0.15, -0.1) is 0 Å². The molecular weight excluding hydrogens is 430 g/mol. The highest BCUT2D eigenvalue weighted by Crippen LogP contribution is 2.24. The first-order valence-corrected chi connectivity index (χ1v) is 11.0. The van der Waals surface area contributed by atoms with Gasteiger partial charge in [0.25, 0.3) is 0 Å². The van der Waals surface area contributed by atoms with Crippen LogP contribution in [0.3, 0.4) is 0 Å². The lowest BCUT2D eigenvalue weighted by molar-refractivity contribution is -0.0498. The molecule has 0 aliphatic carbocycles. The molecule has 1 aromatic heterocycles. The van der Waals surface area contributed by atoms with E-state index in [0.717, 1.165) is 11.1 Å². The molecule has 1 aliphatic heterocycles. The van der Waals surface area contributed by atoms with Crippen molar-refractivity contribution in [3.63, 3.8) is 0 Å². The third kappa shape index (κ3) is 4.67. The van der Waals surface area contributed by atoms with E-state index in [1.165, 1.54) is 28.6 Å². The van der Waals surface area contributed by atoms with Crippen LogP contribution in [0.15, 0.2) is 57.9 Å². The molecule has 0 saturated carbocycles. The lowest BCUT2D eigenvalue weighted by Gasteiger charge is -2.32. The van der Waals surface area contributed by atoms with E-state index in [4.69, 9.17) is 4.52 Å². The zero-order valence-corrected chi connectivity index (χ0v) is 17.4. The Morgan fingerprint density at radius 3 is 2.26 bits per heavy atom. The number of sulfonamides is 1. The summed E-state index contributed by atoms with van der Waals surface area (Å²) >= 11 is 0. The molecule has 8 nitrogen and oxygen atoms in total. The molecule has 0 unspecified atom stereocenters. The van der Waals surface area contributed by atoms with Crippen LogP contribution in [0.5, 0.6) is 5.75 Å². The minimum atomic E-state index is -3.76. The second kappa shape index (κ2) is 8.60. The number of alkyl halides is 2. The van der Waals surface area contributed by atoms with Crippen LogP contribution >= 0.6 is 0 Å². The van der Waals surface area contributed by atoms with Crippen molar-refractivity contribution in [2.75, 3.05) is 31.1 Å². The largest absolute Gasteiger partial charge is 0.435 e. The van der Waals surface area contributed by atoms with E-state index < -0.39 is 16.6 Å². The van der Waals surface area contributed by atoms with Crippen molar-refractivity contribution in [1.29, 1.82) is 0 Å². The van der Waals surface area contributed by atoms with Gasteiger partial charge in [0, 0.05) is 31.7 Å². The molecule has 0 amide bonds. The SMILES string of the molecule is Cc1ccc(-c2noc(N3CCN(S(=O)(=O)c4ccc(OC(F)F)cc4)CC3)n2)cc1. The third-order valence-electron chi connectivity index (χ3n) is 4.92. The number of benzene rings is 2. The summed E-state index contributed by atoms with van der Waals surface area (Å²) in [5.74, 6) is 0.371. The Balaban J connectivity index is 1.40. The Bertz CT molecular complexity index is 1130. The Kier molecular flexibility index (Phi) is 5.88.